The van der Waals surface area contributed by atoms with Crippen molar-refractivity contribution in [3.63, 3.8) is 0 Å². The molecule has 1 aromatic heterocycles. The highest BCUT2D eigenvalue weighted by Gasteiger charge is 2.22. The van der Waals surface area contributed by atoms with E-state index in [4.69, 9.17) is 11.6 Å². The second-order valence-electron chi connectivity index (χ2n) is 6.53. The van der Waals surface area contributed by atoms with Gasteiger partial charge in [0.05, 0.1) is 16.9 Å². The molecule has 0 radical (unpaired) electrons. The van der Waals surface area contributed by atoms with Crippen molar-refractivity contribution in [2.45, 2.75) is 19.9 Å². The Hall–Kier alpha value is -2.86. The molecule has 0 fully saturated rings. The molecule has 2 aromatic carbocycles. The predicted octanol–water partition coefficient (Wildman–Crippen LogP) is 4.12. The summed E-state index contributed by atoms with van der Waals surface area (Å²) in [5.41, 5.74) is 2.05. The quantitative estimate of drug-likeness (QED) is 0.738. The van der Waals surface area contributed by atoms with Gasteiger partial charge in [-0.05, 0) is 43.7 Å². The molecule has 7 heteroatoms. The van der Waals surface area contributed by atoms with E-state index in [-0.39, 0.29) is 11.6 Å². The first-order valence-corrected chi connectivity index (χ1v) is 8.93. The third-order valence-electron chi connectivity index (χ3n) is 4.74. The molecule has 0 aliphatic heterocycles. The molecule has 2 amide bonds. The Bertz CT molecular complexity index is 1080. The second-order valence-corrected chi connectivity index (χ2v) is 6.96. The van der Waals surface area contributed by atoms with Crippen LogP contribution in [0.2, 0.25) is 5.02 Å². The fourth-order valence-electron chi connectivity index (χ4n) is 2.90. The average molecular weight is 385 g/mol. The number of fused-ring (bicyclic) bond motifs is 1. The number of amides is 2. The molecule has 1 atom stereocenters. The highest BCUT2D eigenvalue weighted by Crippen LogP contribution is 2.21. The minimum Gasteiger partial charge on any atom is -0.318 e. The van der Waals surface area contributed by atoms with E-state index in [1.807, 2.05) is 38.1 Å². The molecule has 140 valence electrons. The van der Waals surface area contributed by atoms with Crippen LogP contribution in [0.3, 0.4) is 0 Å². The zero-order valence-electron chi connectivity index (χ0n) is 15.7. The Kier molecular flexibility index (Phi) is 5.19. The van der Waals surface area contributed by atoms with Gasteiger partial charge < -0.3 is 10.2 Å². The zero-order chi connectivity index (χ0) is 19.7. The van der Waals surface area contributed by atoms with Crippen molar-refractivity contribution in [2.75, 3.05) is 12.4 Å². The van der Waals surface area contributed by atoms with Gasteiger partial charge in [-0.3, -0.25) is 9.36 Å². The fraction of sp³-hybridized carbons (Fsp3) is 0.250. The number of nitrogens with zero attached hydrogens (tertiary/aromatic N) is 3. The van der Waals surface area contributed by atoms with Crippen LogP contribution in [-0.4, -0.2) is 27.5 Å². The topological polar surface area (TPSA) is 67.2 Å². The van der Waals surface area contributed by atoms with Crippen LogP contribution in [0.5, 0.6) is 0 Å². The largest absolute Gasteiger partial charge is 0.322 e. The Balaban J connectivity index is 1.93. The lowest BCUT2D eigenvalue weighted by molar-refractivity contribution is 0.205. The zero-order valence-corrected chi connectivity index (χ0v) is 16.4. The molecule has 0 bridgehead atoms. The fourth-order valence-corrected chi connectivity index (χ4v) is 3.07. The number of nitrogens with one attached hydrogen (secondary N) is 1. The molecule has 0 spiro atoms. The summed E-state index contributed by atoms with van der Waals surface area (Å²) in [4.78, 5) is 31.4. The number of aryl methyl sites for hydroxylation is 1. The lowest BCUT2D eigenvalue weighted by atomic mass is 10.2. The smallest absolute Gasteiger partial charge is 0.318 e. The monoisotopic (exact) mass is 384 g/mol. The minimum absolute atomic E-state index is 0.175. The van der Waals surface area contributed by atoms with Gasteiger partial charge in [-0.15, -0.1) is 0 Å². The van der Waals surface area contributed by atoms with Crippen molar-refractivity contribution in [1.29, 1.82) is 0 Å². The van der Waals surface area contributed by atoms with E-state index in [1.54, 1.807) is 32.3 Å². The van der Waals surface area contributed by atoms with Crippen LogP contribution in [0.1, 0.15) is 24.4 Å². The number of halogens is 1. The predicted molar refractivity (Wildman–Crippen MR) is 108 cm³/mol. The van der Waals surface area contributed by atoms with Crippen molar-refractivity contribution >= 4 is 34.2 Å². The van der Waals surface area contributed by atoms with E-state index in [0.29, 0.717) is 21.7 Å². The highest BCUT2D eigenvalue weighted by atomic mass is 35.5. The van der Waals surface area contributed by atoms with E-state index in [0.717, 1.165) is 11.3 Å². The summed E-state index contributed by atoms with van der Waals surface area (Å²) in [6.07, 6.45) is 0. The van der Waals surface area contributed by atoms with Gasteiger partial charge in [-0.25, -0.2) is 9.78 Å². The van der Waals surface area contributed by atoms with Crippen LogP contribution >= 0.6 is 11.6 Å². The van der Waals surface area contributed by atoms with Crippen LogP contribution in [0, 0.1) is 6.92 Å². The standard InChI is InChI=1S/C20H21ClN4O2/c1-12-7-5-6-8-16(12)23-20(27)24(3)13(2)18-22-17-11-14(21)9-10-15(17)19(26)25(18)4/h5-11,13H,1-4H3,(H,23,27). The average Bonchev–Trinajstić information content (AvgIpc) is 2.65. The molecule has 0 saturated carbocycles. The number of hydrogen-bond donors (Lipinski definition) is 1. The maximum absolute atomic E-state index is 12.7. The van der Waals surface area contributed by atoms with E-state index >= 15 is 0 Å². The third kappa shape index (κ3) is 3.66. The van der Waals surface area contributed by atoms with Gasteiger partial charge in [0, 0.05) is 24.8 Å². The van der Waals surface area contributed by atoms with Crippen LogP contribution in [0.25, 0.3) is 10.9 Å². The number of urea groups is 1. The lowest BCUT2D eigenvalue weighted by Crippen LogP contribution is -2.37. The van der Waals surface area contributed by atoms with Gasteiger partial charge >= 0.3 is 6.03 Å². The summed E-state index contributed by atoms with van der Waals surface area (Å²) in [6, 6.07) is 11.8. The van der Waals surface area contributed by atoms with Crippen molar-refractivity contribution in [3.05, 3.63) is 69.2 Å². The summed E-state index contributed by atoms with van der Waals surface area (Å²) in [7, 11) is 3.33. The maximum atomic E-state index is 12.7. The van der Waals surface area contributed by atoms with Crippen LogP contribution in [-0.2, 0) is 7.05 Å². The summed E-state index contributed by atoms with van der Waals surface area (Å²) < 4.78 is 1.47. The Morgan fingerprint density at radius 1 is 1.26 bits per heavy atom. The summed E-state index contributed by atoms with van der Waals surface area (Å²) in [5, 5.41) is 3.89. The number of aromatic nitrogens is 2. The van der Waals surface area contributed by atoms with Crippen LogP contribution < -0.4 is 10.9 Å². The lowest BCUT2D eigenvalue weighted by Gasteiger charge is -2.26. The summed E-state index contributed by atoms with van der Waals surface area (Å²) in [5.74, 6) is 0.484. The van der Waals surface area contributed by atoms with Gasteiger partial charge in [0.1, 0.15) is 5.82 Å². The summed E-state index contributed by atoms with van der Waals surface area (Å²) >= 11 is 6.04. The van der Waals surface area contributed by atoms with Gasteiger partial charge in [-0.1, -0.05) is 29.8 Å². The van der Waals surface area contributed by atoms with Gasteiger partial charge in [0.2, 0.25) is 0 Å². The van der Waals surface area contributed by atoms with E-state index < -0.39 is 6.04 Å². The molecule has 1 unspecified atom stereocenters. The van der Waals surface area contributed by atoms with Crippen molar-refractivity contribution in [1.82, 2.24) is 14.5 Å². The highest BCUT2D eigenvalue weighted by molar-refractivity contribution is 6.31. The van der Waals surface area contributed by atoms with E-state index in [2.05, 4.69) is 10.3 Å². The molecule has 27 heavy (non-hydrogen) atoms. The number of anilines is 1. The number of carbonyl (C=O) groups excluding carboxylic acids is 1. The third-order valence-corrected chi connectivity index (χ3v) is 4.97. The van der Waals surface area contributed by atoms with Gasteiger partial charge in [0.15, 0.2) is 0 Å². The molecular weight excluding hydrogens is 364 g/mol. The van der Waals surface area contributed by atoms with Crippen molar-refractivity contribution in [2.24, 2.45) is 7.05 Å². The van der Waals surface area contributed by atoms with Gasteiger partial charge in [-0.2, -0.15) is 0 Å². The first-order valence-electron chi connectivity index (χ1n) is 8.55. The molecule has 1 N–H and O–H groups in total. The van der Waals surface area contributed by atoms with Crippen LogP contribution in [0.15, 0.2) is 47.3 Å². The molecule has 0 aliphatic carbocycles. The molecule has 6 nitrogen and oxygen atoms in total. The Labute approximate surface area is 162 Å². The SMILES string of the molecule is Cc1ccccc1NC(=O)N(C)C(C)c1nc2cc(Cl)ccc2c(=O)n1C. The maximum Gasteiger partial charge on any atom is 0.322 e. The Morgan fingerprint density at radius 3 is 2.67 bits per heavy atom. The normalized spacial score (nSPS) is 12.0. The number of rotatable bonds is 3. The summed E-state index contributed by atoms with van der Waals surface area (Å²) in [6.45, 7) is 3.76. The number of benzene rings is 2. The Morgan fingerprint density at radius 2 is 1.96 bits per heavy atom. The number of carbonyl (C=O) groups is 1. The molecule has 3 aromatic rings. The second kappa shape index (κ2) is 7.40. The number of para-hydroxylation sites is 1. The molecular formula is C20H21ClN4O2. The van der Waals surface area contributed by atoms with E-state index in [9.17, 15) is 9.59 Å². The minimum atomic E-state index is -0.421. The van der Waals surface area contributed by atoms with E-state index in [1.165, 1.54) is 9.47 Å². The van der Waals surface area contributed by atoms with Crippen LogP contribution in [0.4, 0.5) is 10.5 Å². The number of hydrogen-bond acceptors (Lipinski definition) is 3. The molecule has 0 aliphatic rings. The molecule has 0 saturated heterocycles. The molecule has 1 heterocycles. The molecule has 3 rings (SSSR count). The van der Waals surface area contributed by atoms with Crippen molar-refractivity contribution < 1.29 is 4.79 Å². The van der Waals surface area contributed by atoms with Crippen molar-refractivity contribution in [3.8, 4) is 0 Å². The van der Waals surface area contributed by atoms with Gasteiger partial charge in [0.25, 0.3) is 5.56 Å². The first-order chi connectivity index (χ1) is 12.8. The first kappa shape index (κ1) is 18.9.